The first kappa shape index (κ1) is 29.7. The molecule has 1 heterocycles. The highest BCUT2D eigenvalue weighted by molar-refractivity contribution is 5.79. The zero-order valence-corrected chi connectivity index (χ0v) is 23.4. The van der Waals surface area contributed by atoms with E-state index in [1.807, 2.05) is 0 Å². The van der Waals surface area contributed by atoms with Crippen LogP contribution in [-0.4, -0.2) is 36.5 Å². The summed E-state index contributed by atoms with van der Waals surface area (Å²) in [6, 6.07) is 11.7. The largest absolute Gasteiger partial charge is 0.423 e. The predicted molar refractivity (Wildman–Crippen MR) is 151 cm³/mol. The molecule has 7 nitrogen and oxygen atoms in total. The highest BCUT2D eigenvalue weighted by Crippen LogP contribution is 2.38. The number of benzene rings is 2. The van der Waals surface area contributed by atoms with E-state index in [1.54, 1.807) is 0 Å². The molecule has 1 amide bonds. The number of nitrogens with one attached hydrogen (secondary N) is 2. The number of halogens is 3. The zero-order chi connectivity index (χ0) is 29.1. The van der Waals surface area contributed by atoms with Crippen LogP contribution in [0.5, 0.6) is 0 Å². The molecule has 0 spiro atoms. The molecule has 0 aromatic heterocycles. The summed E-state index contributed by atoms with van der Waals surface area (Å²) in [6.45, 7) is 8.91. The summed E-state index contributed by atoms with van der Waals surface area (Å²) in [5.41, 5.74) is 0.651. The second-order valence-corrected chi connectivity index (χ2v) is 12.2. The number of nitrogens with zero attached hydrogens (tertiary/aromatic N) is 2. The lowest BCUT2D eigenvalue weighted by atomic mass is 9.85. The van der Waals surface area contributed by atoms with Gasteiger partial charge in [0.2, 0.25) is 5.91 Å². The number of anilines is 2. The topological polar surface area (TPSA) is 87.5 Å². The minimum absolute atomic E-state index is 0.00747. The second-order valence-electron chi connectivity index (χ2n) is 12.2. The number of rotatable bonds is 7. The van der Waals surface area contributed by atoms with Crippen LogP contribution in [0.25, 0.3) is 0 Å². The number of hydrogen-bond acceptors (Lipinski definition) is 5. The molecular formula is C30H39F3N4O3. The van der Waals surface area contributed by atoms with Crippen molar-refractivity contribution in [1.82, 2.24) is 5.32 Å². The lowest BCUT2D eigenvalue weighted by Gasteiger charge is -2.34. The van der Waals surface area contributed by atoms with Gasteiger partial charge in [-0.05, 0) is 79.7 Å². The van der Waals surface area contributed by atoms with Gasteiger partial charge in [-0.1, -0.05) is 32.9 Å². The molecule has 0 bridgehead atoms. The van der Waals surface area contributed by atoms with Crippen molar-refractivity contribution in [2.45, 2.75) is 76.9 Å². The number of amides is 1. The van der Waals surface area contributed by atoms with Gasteiger partial charge < -0.3 is 15.5 Å². The molecule has 2 aromatic rings. The van der Waals surface area contributed by atoms with Crippen LogP contribution >= 0.6 is 0 Å². The van der Waals surface area contributed by atoms with Gasteiger partial charge in [0.05, 0.1) is 4.92 Å². The van der Waals surface area contributed by atoms with E-state index in [4.69, 9.17) is 0 Å². The number of piperidine rings is 1. The van der Waals surface area contributed by atoms with Gasteiger partial charge in [0.25, 0.3) is 5.69 Å². The molecule has 1 saturated heterocycles. The smallest absolute Gasteiger partial charge is 0.382 e. The van der Waals surface area contributed by atoms with Crippen molar-refractivity contribution in [1.29, 1.82) is 0 Å². The number of nitro groups is 1. The average molecular weight is 561 g/mol. The van der Waals surface area contributed by atoms with Crippen LogP contribution in [0.3, 0.4) is 0 Å². The summed E-state index contributed by atoms with van der Waals surface area (Å²) in [6.07, 6.45) is 0.0400. The van der Waals surface area contributed by atoms with Gasteiger partial charge in [-0.3, -0.25) is 14.9 Å². The first-order chi connectivity index (χ1) is 18.8. The lowest BCUT2D eigenvalue weighted by Crippen LogP contribution is -2.42. The quantitative estimate of drug-likeness (QED) is 0.284. The summed E-state index contributed by atoms with van der Waals surface area (Å²) in [7, 11) is 0. The van der Waals surface area contributed by atoms with E-state index in [0.29, 0.717) is 12.5 Å². The lowest BCUT2D eigenvalue weighted by molar-refractivity contribution is -0.388. The van der Waals surface area contributed by atoms with Crippen LogP contribution in [0.1, 0.15) is 70.4 Å². The summed E-state index contributed by atoms with van der Waals surface area (Å²) in [5, 5.41) is 17.2. The van der Waals surface area contributed by atoms with Crippen molar-refractivity contribution in [2.75, 3.05) is 29.9 Å². The average Bonchev–Trinajstić information content (AvgIpc) is 2.91. The Morgan fingerprint density at radius 3 is 2.15 bits per heavy atom. The standard InChI is InChI=1S/C30H39F3N4O3/c1-29(2,3)22-6-11-25(12-7-22)36-16-14-21(15-17-36)28(38)34-19-20-4-8-23(9-5-20)35-24-10-13-27(37(39)40)26(18-24)30(31,32)33/h6-7,10-13,18,20-21,23,35H,4-5,8-9,14-17,19H2,1-3H3,(H,34,38). The Hall–Kier alpha value is -3.30. The fourth-order valence-corrected chi connectivity index (χ4v) is 5.72. The van der Waals surface area contributed by atoms with Crippen molar-refractivity contribution >= 4 is 23.0 Å². The molecule has 0 unspecified atom stereocenters. The molecular weight excluding hydrogens is 521 g/mol. The number of hydrogen-bond donors (Lipinski definition) is 2. The molecule has 0 radical (unpaired) electrons. The van der Waals surface area contributed by atoms with Crippen molar-refractivity contribution in [2.24, 2.45) is 11.8 Å². The minimum atomic E-state index is -4.80. The van der Waals surface area contributed by atoms with Crippen LogP contribution in [-0.2, 0) is 16.4 Å². The molecule has 1 saturated carbocycles. The van der Waals surface area contributed by atoms with Crippen LogP contribution in [0.2, 0.25) is 0 Å². The van der Waals surface area contributed by atoms with Crippen molar-refractivity contribution in [3.05, 3.63) is 63.7 Å². The fraction of sp³-hybridized carbons (Fsp3) is 0.567. The Morgan fingerprint density at radius 1 is 0.975 bits per heavy atom. The maximum absolute atomic E-state index is 13.3. The Kier molecular flexibility index (Phi) is 8.95. The number of nitro benzene ring substituents is 1. The minimum Gasteiger partial charge on any atom is -0.382 e. The van der Waals surface area contributed by atoms with Gasteiger partial charge in [0.1, 0.15) is 5.56 Å². The highest BCUT2D eigenvalue weighted by atomic mass is 19.4. The SMILES string of the molecule is CC(C)(C)c1ccc(N2CCC(C(=O)NCC3CCC(Nc4ccc([N+](=O)[O-])c(C(F)(F)F)c4)CC3)CC2)cc1. The van der Waals surface area contributed by atoms with E-state index in [2.05, 4.69) is 60.6 Å². The van der Waals surface area contributed by atoms with Gasteiger partial charge >= 0.3 is 6.18 Å². The maximum atomic E-state index is 13.3. The Labute approximate surface area is 233 Å². The second kappa shape index (κ2) is 12.1. The molecule has 0 atom stereocenters. The number of carbonyl (C=O) groups is 1. The number of alkyl halides is 3. The normalized spacial score (nSPS) is 20.7. The monoisotopic (exact) mass is 560 g/mol. The van der Waals surface area contributed by atoms with Crippen LogP contribution in [0.15, 0.2) is 42.5 Å². The summed E-state index contributed by atoms with van der Waals surface area (Å²) in [5.74, 6) is 0.438. The molecule has 1 aliphatic carbocycles. The van der Waals surface area contributed by atoms with Crippen LogP contribution < -0.4 is 15.5 Å². The molecule has 10 heteroatoms. The third-order valence-electron chi connectivity index (χ3n) is 8.25. The van der Waals surface area contributed by atoms with Gasteiger partial charge in [0.15, 0.2) is 0 Å². The van der Waals surface area contributed by atoms with Gasteiger partial charge in [0, 0.05) is 49.0 Å². The summed E-state index contributed by atoms with van der Waals surface area (Å²) >= 11 is 0. The van der Waals surface area contributed by atoms with Gasteiger partial charge in [-0.15, -0.1) is 0 Å². The third-order valence-corrected chi connectivity index (χ3v) is 8.25. The first-order valence-corrected chi connectivity index (χ1v) is 14.1. The predicted octanol–water partition coefficient (Wildman–Crippen LogP) is 6.91. The zero-order valence-electron chi connectivity index (χ0n) is 23.4. The van der Waals surface area contributed by atoms with Crippen molar-refractivity contribution < 1.29 is 22.9 Å². The van der Waals surface area contributed by atoms with E-state index in [0.717, 1.165) is 63.7 Å². The maximum Gasteiger partial charge on any atom is 0.423 e. The first-order valence-electron chi connectivity index (χ1n) is 14.1. The Bertz CT molecular complexity index is 1180. The van der Waals surface area contributed by atoms with E-state index in [9.17, 15) is 28.1 Å². The molecule has 2 aromatic carbocycles. The third kappa shape index (κ3) is 7.46. The Balaban J connectivity index is 1.19. The molecule has 2 fully saturated rings. The molecule has 4 rings (SSSR count). The van der Waals surface area contributed by atoms with Gasteiger partial charge in [-0.25, -0.2) is 0 Å². The molecule has 40 heavy (non-hydrogen) atoms. The van der Waals surface area contributed by atoms with Crippen LogP contribution in [0, 0.1) is 22.0 Å². The summed E-state index contributed by atoms with van der Waals surface area (Å²) in [4.78, 5) is 25.2. The van der Waals surface area contributed by atoms with Crippen molar-refractivity contribution in [3.63, 3.8) is 0 Å². The molecule has 1 aliphatic heterocycles. The van der Waals surface area contributed by atoms with Crippen LogP contribution in [0.4, 0.5) is 30.2 Å². The Morgan fingerprint density at radius 2 is 1.60 bits per heavy atom. The van der Waals surface area contributed by atoms with Crippen molar-refractivity contribution in [3.8, 4) is 0 Å². The van der Waals surface area contributed by atoms with E-state index >= 15 is 0 Å². The molecule has 2 N–H and O–H groups in total. The van der Waals surface area contributed by atoms with E-state index in [-0.39, 0.29) is 29.0 Å². The highest BCUT2D eigenvalue weighted by Gasteiger charge is 2.38. The van der Waals surface area contributed by atoms with E-state index < -0.39 is 22.4 Å². The fourth-order valence-electron chi connectivity index (χ4n) is 5.72. The van der Waals surface area contributed by atoms with Gasteiger partial charge in [-0.2, -0.15) is 13.2 Å². The van der Waals surface area contributed by atoms with E-state index in [1.165, 1.54) is 17.3 Å². The molecule has 2 aliphatic rings. The molecule has 218 valence electrons. The number of carbonyl (C=O) groups excluding carboxylic acids is 1. The summed E-state index contributed by atoms with van der Waals surface area (Å²) < 4.78 is 39.8.